The minimum absolute atomic E-state index is 0.303. The Morgan fingerprint density at radius 2 is 1.77 bits per heavy atom. The fourth-order valence-corrected chi connectivity index (χ4v) is 2.03. The number of esters is 1. The largest absolute Gasteiger partial charge is 0.478 e. The first-order valence-electron chi connectivity index (χ1n) is 7.15. The summed E-state index contributed by atoms with van der Waals surface area (Å²) in [4.78, 5) is 22.7. The fourth-order valence-electron chi connectivity index (χ4n) is 2.03. The van der Waals surface area contributed by atoms with Crippen molar-refractivity contribution in [2.75, 3.05) is 6.61 Å². The molecule has 0 saturated carbocycles. The van der Waals surface area contributed by atoms with E-state index in [9.17, 15) is 9.59 Å². The lowest BCUT2D eigenvalue weighted by molar-refractivity contribution is -0.151. The van der Waals surface area contributed by atoms with Crippen molar-refractivity contribution in [3.63, 3.8) is 0 Å². The second-order valence-corrected chi connectivity index (χ2v) is 4.74. The van der Waals surface area contributed by atoms with Crippen LogP contribution in [0.3, 0.4) is 0 Å². The minimum Gasteiger partial charge on any atom is -0.478 e. The first-order chi connectivity index (χ1) is 10.7. The van der Waals surface area contributed by atoms with Crippen molar-refractivity contribution in [3.05, 3.63) is 65.7 Å². The topological polar surface area (TPSA) is 52.6 Å². The first kappa shape index (κ1) is 15.8. The van der Waals surface area contributed by atoms with Crippen LogP contribution in [-0.2, 0) is 16.0 Å². The van der Waals surface area contributed by atoms with Gasteiger partial charge in [-0.05, 0) is 36.8 Å². The number of carbonyl (C=O) groups is 2. The highest BCUT2D eigenvalue weighted by molar-refractivity contribution is 5.76. The number of benzene rings is 2. The molecule has 0 aliphatic carbocycles. The maximum Gasteiger partial charge on any atom is 0.347 e. The Labute approximate surface area is 129 Å². The summed E-state index contributed by atoms with van der Waals surface area (Å²) in [6.07, 6.45) is 0.468. The summed E-state index contributed by atoms with van der Waals surface area (Å²) in [6.45, 7) is 2.06. The van der Waals surface area contributed by atoms with E-state index in [1.165, 1.54) is 0 Å². The second kappa shape index (κ2) is 7.98. The summed E-state index contributed by atoms with van der Waals surface area (Å²) in [5.74, 6) is 0.130. The van der Waals surface area contributed by atoms with Gasteiger partial charge in [-0.3, -0.25) is 4.79 Å². The lowest BCUT2D eigenvalue weighted by Gasteiger charge is -2.18. The number of carbonyl (C=O) groups excluding carboxylic acids is 2. The van der Waals surface area contributed by atoms with E-state index in [1.54, 1.807) is 31.2 Å². The summed E-state index contributed by atoms with van der Waals surface area (Å²) in [5, 5.41) is 0. The molecule has 2 aromatic rings. The Balaban J connectivity index is 2.12. The number of ether oxygens (including phenoxy) is 2. The third-order valence-electron chi connectivity index (χ3n) is 3.11. The highest BCUT2D eigenvalue weighted by atomic mass is 16.6. The molecular weight excluding hydrogens is 280 g/mol. The van der Waals surface area contributed by atoms with Gasteiger partial charge >= 0.3 is 5.97 Å². The Morgan fingerprint density at radius 1 is 1.09 bits per heavy atom. The van der Waals surface area contributed by atoms with Crippen molar-refractivity contribution >= 4 is 12.3 Å². The van der Waals surface area contributed by atoms with Crippen LogP contribution < -0.4 is 4.74 Å². The van der Waals surface area contributed by atoms with Crippen LogP contribution in [-0.4, -0.2) is 25.0 Å². The molecule has 0 aliphatic rings. The average molecular weight is 298 g/mol. The Bertz CT molecular complexity index is 605. The molecule has 0 spiro atoms. The Kier molecular flexibility index (Phi) is 5.72. The van der Waals surface area contributed by atoms with Crippen molar-refractivity contribution in [2.24, 2.45) is 0 Å². The first-order valence-corrected chi connectivity index (χ1v) is 7.15. The molecule has 0 bridgehead atoms. The smallest absolute Gasteiger partial charge is 0.347 e. The van der Waals surface area contributed by atoms with E-state index in [0.29, 0.717) is 24.3 Å². The standard InChI is InChI=1S/C18H18O4/c1-2-21-18(20)17(12-14-6-4-3-5-7-14)22-16-10-8-15(13-19)9-11-16/h3-11,13,17H,2,12H2,1H3/t17-/m0/s1. The van der Waals surface area contributed by atoms with Gasteiger partial charge < -0.3 is 9.47 Å². The Hall–Kier alpha value is -2.62. The molecule has 0 fully saturated rings. The van der Waals surface area contributed by atoms with Gasteiger partial charge in [-0.15, -0.1) is 0 Å². The molecule has 0 radical (unpaired) electrons. The van der Waals surface area contributed by atoms with E-state index < -0.39 is 12.1 Å². The van der Waals surface area contributed by atoms with E-state index >= 15 is 0 Å². The quantitative estimate of drug-likeness (QED) is 0.582. The van der Waals surface area contributed by atoms with Gasteiger partial charge in [0.1, 0.15) is 12.0 Å². The zero-order valence-electron chi connectivity index (χ0n) is 12.4. The lowest BCUT2D eigenvalue weighted by atomic mass is 10.1. The molecule has 4 nitrogen and oxygen atoms in total. The second-order valence-electron chi connectivity index (χ2n) is 4.74. The normalized spacial score (nSPS) is 11.5. The summed E-state index contributed by atoms with van der Waals surface area (Å²) in [6, 6.07) is 16.2. The molecule has 2 rings (SSSR count). The number of aldehydes is 1. The predicted molar refractivity (Wildman–Crippen MR) is 83.0 cm³/mol. The van der Waals surface area contributed by atoms with Crippen LogP contribution in [0.1, 0.15) is 22.8 Å². The van der Waals surface area contributed by atoms with E-state index in [-0.39, 0.29) is 0 Å². The van der Waals surface area contributed by atoms with Gasteiger partial charge in [0, 0.05) is 12.0 Å². The minimum atomic E-state index is -0.718. The third-order valence-corrected chi connectivity index (χ3v) is 3.11. The summed E-state index contributed by atoms with van der Waals surface area (Å²) in [5.41, 5.74) is 1.55. The summed E-state index contributed by atoms with van der Waals surface area (Å²) < 4.78 is 10.8. The van der Waals surface area contributed by atoms with E-state index in [4.69, 9.17) is 9.47 Å². The van der Waals surface area contributed by atoms with Crippen LogP contribution in [0.25, 0.3) is 0 Å². The zero-order chi connectivity index (χ0) is 15.8. The van der Waals surface area contributed by atoms with Crippen LogP contribution in [0.5, 0.6) is 5.75 Å². The van der Waals surface area contributed by atoms with Crippen LogP contribution in [0, 0.1) is 0 Å². The van der Waals surface area contributed by atoms with Gasteiger partial charge in [0.05, 0.1) is 6.61 Å². The third kappa shape index (κ3) is 4.45. The van der Waals surface area contributed by atoms with Gasteiger partial charge in [-0.1, -0.05) is 30.3 Å². The molecule has 0 saturated heterocycles. The van der Waals surface area contributed by atoms with Gasteiger partial charge in [-0.25, -0.2) is 4.79 Å². The van der Waals surface area contributed by atoms with Crippen molar-refractivity contribution in [2.45, 2.75) is 19.4 Å². The molecular formula is C18H18O4. The molecule has 0 aromatic heterocycles. The van der Waals surface area contributed by atoms with E-state index in [2.05, 4.69) is 0 Å². The number of rotatable bonds is 7. The highest BCUT2D eigenvalue weighted by Gasteiger charge is 2.22. The molecule has 0 heterocycles. The molecule has 0 unspecified atom stereocenters. The molecule has 0 aliphatic heterocycles. The monoisotopic (exact) mass is 298 g/mol. The molecule has 114 valence electrons. The van der Waals surface area contributed by atoms with E-state index in [0.717, 1.165) is 11.8 Å². The molecule has 1 atom stereocenters. The maximum atomic E-state index is 12.1. The Morgan fingerprint density at radius 3 is 2.36 bits per heavy atom. The van der Waals surface area contributed by atoms with Crippen LogP contribution >= 0.6 is 0 Å². The van der Waals surface area contributed by atoms with Crippen molar-refractivity contribution < 1.29 is 19.1 Å². The highest BCUT2D eigenvalue weighted by Crippen LogP contribution is 2.16. The lowest BCUT2D eigenvalue weighted by Crippen LogP contribution is -2.31. The van der Waals surface area contributed by atoms with Crippen molar-refractivity contribution in [3.8, 4) is 5.75 Å². The van der Waals surface area contributed by atoms with Crippen LogP contribution in [0.4, 0.5) is 0 Å². The number of hydrogen-bond donors (Lipinski definition) is 0. The molecule has 4 heteroatoms. The zero-order valence-corrected chi connectivity index (χ0v) is 12.4. The maximum absolute atomic E-state index is 12.1. The molecule has 0 amide bonds. The van der Waals surface area contributed by atoms with Crippen molar-refractivity contribution in [1.29, 1.82) is 0 Å². The SMILES string of the molecule is CCOC(=O)[C@H](Cc1ccccc1)Oc1ccc(C=O)cc1. The molecule has 0 N–H and O–H groups in total. The summed E-state index contributed by atoms with van der Waals surface area (Å²) >= 11 is 0. The van der Waals surface area contributed by atoms with Crippen molar-refractivity contribution in [1.82, 2.24) is 0 Å². The van der Waals surface area contributed by atoms with Gasteiger partial charge in [-0.2, -0.15) is 0 Å². The predicted octanol–water partition coefficient (Wildman–Crippen LogP) is 3.05. The van der Waals surface area contributed by atoms with Gasteiger partial charge in [0.25, 0.3) is 0 Å². The van der Waals surface area contributed by atoms with Crippen LogP contribution in [0.2, 0.25) is 0 Å². The van der Waals surface area contributed by atoms with E-state index in [1.807, 2.05) is 30.3 Å². The van der Waals surface area contributed by atoms with Crippen LogP contribution in [0.15, 0.2) is 54.6 Å². The average Bonchev–Trinajstić information content (AvgIpc) is 2.56. The fraction of sp³-hybridized carbons (Fsp3) is 0.222. The molecule has 2 aromatic carbocycles. The van der Waals surface area contributed by atoms with Gasteiger partial charge in [0.2, 0.25) is 0 Å². The van der Waals surface area contributed by atoms with Gasteiger partial charge in [0.15, 0.2) is 6.10 Å². The number of hydrogen-bond acceptors (Lipinski definition) is 4. The molecule has 22 heavy (non-hydrogen) atoms. The summed E-state index contributed by atoms with van der Waals surface area (Å²) in [7, 11) is 0.